The van der Waals surface area contributed by atoms with Crippen LogP contribution in [0.25, 0.3) is 0 Å². The Labute approximate surface area is 133 Å². The molecule has 0 saturated carbocycles. The van der Waals surface area contributed by atoms with Gasteiger partial charge in [0.2, 0.25) is 0 Å². The molecule has 126 valence electrons. The lowest BCUT2D eigenvalue weighted by molar-refractivity contribution is -0.171. The molecule has 0 radical (unpaired) electrons. The minimum absolute atomic E-state index is 0.103. The van der Waals surface area contributed by atoms with E-state index in [0.717, 1.165) is 43.4 Å². The highest BCUT2D eigenvalue weighted by atomic mass is 32.2. The number of nitrogens with zero attached hydrogens (tertiary/aromatic N) is 1. The quantitative estimate of drug-likeness (QED) is 0.764. The van der Waals surface area contributed by atoms with E-state index >= 15 is 0 Å². The van der Waals surface area contributed by atoms with Crippen molar-refractivity contribution in [3.63, 3.8) is 0 Å². The number of alkyl halides is 3. The van der Waals surface area contributed by atoms with Crippen molar-refractivity contribution in [1.29, 1.82) is 0 Å². The molecular weight excluding hydrogens is 361 g/mol. The van der Waals surface area contributed by atoms with Crippen molar-refractivity contribution < 1.29 is 30.4 Å². The van der Waals surface area contributed by atoms with Gasteiger partial charge in [0.15, 0.2) is 5.13 Å². The zero-order valence-electron chi connectivity index (χ0n) is 11.5. The zero-order valence-corrected chi connectivity index (χ0v) is 13.1. The first-order chi connectivity index (χ1) is 10.5. The van der Waals surface area contributed by atoms with Crippen molar-refractivity contribution in [3.8, 4) is 0 Å². The van der Waals surface area contributed by atoms with Gasteiger partial charge < -0.3 is 0 Å². The van der Waals surface area contributed by atoms with Gasteiger partial charge >= 0.3 is 6.18 Å². The molecule has 1 atom stereocenters. The summed E-state index contributed by atoms with van der Waals surface area (Å²) in [6.07, 6.45) is -4.94. The first-order valence-electron chi connectivity index (χ1n) is 6.09. The summed E-state index contributed by atoms with van der Waals surface area (Å²) in [7, 11) is -3.82. The molecule has 3 nitrogen and oxygen atoms in total. The molecule has 1 heterocycles. The molecule has 0 aliphatic heterocycles. The highest BCUT2D eigenvalue weighted by molar-refractivity contribution is 7.91. The second-order valence-electron chi connectivity index (χ2n) is 4.58. The third-order valence-corrected chi connectivity index (χ3v) is 6.21. The van der Waals surface area contributed by atoms with Crippen LogP contribution in [0.15, 0.2) is 40.6 Å². The van der Waals surface area contributed by atoms with Crippen LogP contribution in [0.3, 0.4) is 0 Å². The van der Waals surface area contributed by atoms with Crippen LogP contribution < -0.4 is 0 Å². The Morgan fingerprint density at radius 2 is 1.61 bits per heavy atom. The Morgan fingerprint density at radius 1 is 1.04 bits per heavy atom. The van der Waals surface area contributed by atoms with E-state index in [2.05, 4.69) is 0 Å². The van der Waals surface area contributed by atoms with E-state index in [-0.39, 0.29) is 15.6 Å². The fraction of sp³-hybridized carbons (Fsp3) is 0.231. The standard InChI is InChI=1S/C13H10F5NO2S2/c1-19(23(20,21)11-7-6-10(15)22-11)12(13(16,17)18)8-2-4-9(14)5-3-8/h2-7,12H,1H3/t12-/m0/s1. The smallest absolute Gasteiger partial charge is 0.207 e. The maximum Gasteiger partial charge on any atom is 0.409 e. The Hall–Kier alpha value is -1.52. The Balaban J connectivity index is 2.49. The second-order valence-corrected chi connectivity index (χ2v) is 7.83. The molecule has 1 aromatic heterocycles. The number of hydrogen-bond donors (Lipinski definition) is 0. The number of rotatable bonds is 4. The summed E-state index contributed by atoms with van der Waals surface area (Å²) in [4.78, 5) is 0. The van der Waals surface area contributed by atoms with E-state index in [4.69, 9.17) is 0 Å². The molecule has 2 rings (SSSR count). The van der Waals surface area contributed by atoms with Crippen LogP contribution in [-0.2, 0) is 10.0 Å². The molecule has 2 aromatic rings. The second kappa shape index (κ2) is 6.17. The van der Waals surface area contributed by atoms with Gasteiger partial charge in [-0.3, -0.25) is 0 Å². The first kappa shape index (κ1) is 17.8. The number of benzene rings is 1. The number of thiophene rings is 1. The van der Waals surface area contributed by atoms with E-state index in [1.54, 1.807) is 0 Å². The molecule has 1 aromatic carbocycles. The van der Waals surface area contributed by atoms with Gasteiger partial charge in [-0.05, 0) is 29.8 Å². The van der Waals surface area contributed by atoms with Crippen LogP contribution >= 0.6 is 11.3 Å². The van der Waals surface area contributed by atoms with Gasteiger partial charge in [-0.25, -0.2) is 12.8 Å². The molecule has 0 spiro atoms. The summed E-state index contributed by atoms with van der Waals surface area (Å²) in [6, 6.07) is 2.55. The van der Waals surface area contributed by atoms with E-state index in [0.29, 0.717) is 0 Å². The summed E-state index contributed by atoms with van der Waals surface area (Å²) in [5.74, 6) is -0.750. The van der Waals surface area contributed by atoms with Crippen LogP contribution in [0.2, 0.25) is 0 Å². The van der Waals surface area contributed by atoms with Crippen molar-refractivity contribution in [2.24, 2.45) is 0 Å². The lowest BCUT2D eigenvalue weighted by atomic mass is 10.1. The normalized spacial score (nSPS) is 14.2. The lowest BCUT2D eigenvalue weighted by Crippen LogP contribution is -2.39. The summed E-state index contributed by atoms with van der Waals surface area (Å²) in [6.45, 7) is 0. The summed E-state index contributed by atoms with van der Waals surface area (Å²) in [5.41, 5.74) is -0.443. The number of sulfonamides is 1. The average molecular weight is 371 g/mol. The van der Waals surface area contributed by atoms with Crippen LogP contribution in [0.1, 0.15) is 11.6 Å². The van der Waals surface area contributed by atoms with E-state index in [1.165, 1.54) is 0 Å². The van der Waals surface area contributed by atoms with Crippen LogP contribution in [0, 0.1) is 10.9 Å². The number of hydrogen-bond acceptors (Lipinski definition) is 3. The fourth-order valence-corrected chi connectivity index (χ4v) is 4.49. The Bertz CT molecular complexity index is 783. The van der Waals surface area contributed by atoms with Crippen LogP contribution in [0.4, 0.5) is 22.0 Å². The Kier molecular flexibility index (Phi) is 4.79. The summed E-state index contributed by atoms with van der Waals surface area (Å²) >= 11 is 0.225. The summed E-state index contributed by atoms with van der Waals surface area (Å²) in [5, 5.41) is -0.831. The maximum absolute atomic E-state index is 13.3. The predicted molar refractivity (Wildman–Crippen MR) is 74.4 cm³/mol. The van der Waals surface area contributed by atoms with Gasteiger partial charge in [-0.15, -0.1) is 0 Å². The molecule has 0 bridgehead atoms. The monoisotopic (exact) mass is 371 g/mol. The lowest BCUT2D eigenvalue weighted by Gasteiger charge is -2.29. The topological polar surface area (TPSA) is 37.4 Å². The van der Waals surface area contributed by atoms with Gasteiger partial charge in [0, 0.05) is 7.05 Å². The predicted octanol–water partition coefficient (Wildman–Crippen LogP) is 3.95. The van der Waals surface area contributed by atoms with Crippen molar-refractivity contribution in [3.05, 3.63) is 52.9 Å². The molecule has 0 aliphatic carbocycles. The number of halogens is 5. The van der Waals surface area contributed by atoms with E-state index < -0.39 is 43.0 Å². The largest absolute Gasteiger partial charge is 0.409 e. The van der Waals surface area contributed by atoms with Gasteiger partial charge in [-0.1, -0.05) is 23.5 Å². The molecule has 0 amide bonds. The Morgan fingerprint density at radius 3 is 2.04 bits per heavy atom. The molecule has 23 heavy (non-hydrogen) atoms. The van der Waals surface area contributed by atoms with Gasteiger partial charge in [0.05, 0.1) is 0 Å². The van der Waals surface area contributed by atoms with Crippen LogP contribution in [-0.4, -0.2) is 25.9 Å². The SMILES string of the molecule is CN([C@@H](c1ccc(F)cc1)C(F)(F)F)S(=O)(=O)c1ccc(F)s1. The highest BCUT2D eigenvalue weighted by Crippen LogP contribution is 2.40. The molecule has 0 fully saturated rings. The molecule has 0 saturated heterocycles. The fourth-order valence-electron chi connectivity index (χ4n) is 1.97. The van der Waals surface area contributed by atoms with Crippen molar-refractivity contribution in [2.75, 3.05) is 7.05 Å². The summed E-state index contributed by atoms with van der Waals surface area (Å²) < 4.78 is 90.0. The third kappa shape index (κ3) is 3.70. The third-order valence-electron chi connectivity index (χ3n) is 3.04. The molecule has 0 N–H and O–H groups in total. The molecule has 0 aliphatic rings. The first-order valence-corrected chi connectivity index (χ1v) is 8.34. The molecule has 0 unspecified atom stereocenters. The average Bonchev–Trinajstić information content (AvgIpc) is 2.87. The molecule has 10 heteroatoms. The van der Waals surface area contributed by atoms with E-state index in [1.807, 2.05) is 0 Å². The van der Waals surface area contributed by atoms with Crippen molar-refractivity contribution in [1.82, 2.24) is 4.31 Å². The maximum atomic E-state index is 13.3. The van der Waals surface area contributed by atoms with Gasteiger partial charge in [-0.2, -0.15) is 21.9 Å². The zero-order chi connectivity index (χ0) is 17.4. The van der Waals surface area contributed by atoms with Crippen LogP contribution in [0.5, 0.6) is 0 Å². The minimum atomic E-state index is -4.94. The van der Waals surface area contributed by atoms with Crippen molar-refractivity contribution in [2.45, 2.75) is 16.4 Å². The van der Waals surface area contributed by atoms with Gasteiger partial charge in [0.25, 0.3) is 10.0 Å². The van der Waals surface area contributed by atoms with E-state index in [9.17, 15) is 30.4 Å². The van der Waals surface area contributed by atoms with Gasteiger partial charge in [0.1, 0.15) is 16.1 Å². The molecular formula is C13H10F5NO2S2. The highest BCUT2D eigenvalue weighted by Gasteiger charge is 2.47. The minimum Gasteiger partial charge on any atom is -0.207 e. The van der Waals surface area contributed by atoms with Crippen molar-refractivity contribution >= 4 is 21.4 Å².